The van der Waals surface area contributed by atoms with Gasteiger partial charge >= 0.3 is 5.69 Å². The van der Waals surface area contributed by atoms with Gasteiger partial charge in [-0.3, -0.25) is 4.57 Å². The lowest BCUT2D eigenvalue weighted by atomic mass is 10.2. The van der Waals surface area contributed by atoms with Crippen molar-refractivity contribution in [2.45, 2.75) is 51.6 Å². The minimum atomic E-state index is 0.00431. The van der Waals surface area contributed by atoms with E-state index in [0.717, 1.165) is 31.8 Å². The molecule has 1 aromatic heterocycles. The molecule has 2 aliphatic rings. The number of ether oxygens (including phenoxy) is 1. The van der Waals surface area contributed by atoms with E-state index in [1.165, 1.54) is 0 Å². The average molecular weight is 238 g/mol. The maximum absolute atomic E-state index is 12.1. The molecule has 0 amide bonds. The van der Waals surface area contributed by atoms with Crippen molar-refractivity contribution >= 4 is 0 Å². The minimum absolute atomic E-state index is 0.00431. The number of nitrogens with one attached hydrogen (secondary N) is 1. The molecule has 2 unspecified atom stereocenters. The standard InChI is InChI=1S/C11H18N4O2/c1-8-2-3-9(17-8)7-15-11(16)14-5-4-12-6-10(14)13-15/h8-9,12H,2-7H2,1H3. The topological polar surface area (TPSA) is 61.1 Å². The lowest BCUT2D eigenvalue weighted by molar-refractivity contribution is 0.0429. The van der Waals surface area contributed by atoms with Crippen LogP contribution in [0.1, 0.15) is 25.6 Å². The van der Waals surface area contributed by atoms with Gasteiger partial charge in [-0.2, -0.15) is 5.10 Å². The van der Waals surface area contributed by atoms with E-state index in [-0.39, 0.29) is 11.8 Å². The summed E-state index contributed by atoms with van der Waals surface area (Å²) in [5.74, 6) is 0.840. The second-order valence-corrected chi connectivity index (χ2v) is 4.86. The zero-order valence-corrected chi connectivity index (χ0v) is 10.1. The molecule has 0 aliphatic carbocycles. The number of fused-ring (bicyclic) bond motifs is 1. The summed E-state index contributed by atoms with van der Waals surface area (Å²) in [6.45, 7) is 4.91. The fourth-order valence-electron chi connectivity index (χ4n) is 2.56. The van der Waals surface area contributed by atoms with Crippen LogP contribution >= 0.6 is 0 Å². The first kappa shape index (κ1) is 11.0. The summed E-state index contributed by atoms with van der Waals surface area (Å²) in [5.41, 5.74) is 0.00431. The van der Waals surface area contributed by atoms with Crippen LogP contribution in [0, 0.1) is 0 Å². The van der Waals surface area contributed by atoms with Gasteiger partial charge in [0.15, 0.2) is 0 Å². The van der Waals surface area contributed by atoms with E-state index < -0.39 is 0 Å². The second kappa shape index (κ2) is 4.27. The third-order valence-electron chi connectivity index (χ3n) is 3.49. The predicted molar refractivity (Wildman–Crippen MR) is 61.8 cm³/mol. The highest BCUT2D eigenvalue weighted by molar-refractivity contribution is 4.91. The fraction of sp³-hybridized carbons (Fsp3) is 0.818. The predicted octanol–water partition coefficient (Wildman–Crippen LogP) is -0.284. The monoisotopic (exact) mass is 238 g/mol. The minimum Gasteiger partial charge on any atom is -0.373 e. The molecule has 1 aromatic rings. The summed E-state index contributed by atoms with van der Waals surface area (Å²) in [4.78, 5) is 12.1. The molecule has 1 N–H and O–H groups in total. The Bertz CT molecular complexity index is 465. The maximum atomic E-state index is 12.1. The smallest absolute Gasteiger partial charge is 0.346 e. The number of hydrogen-bond acceptors (Lipinski definition) is 4. The Hall–Kier alpha value is -1.14. The van der Waals surface area contributed by atoms with E-state index in [0.29, 0.717) is 19.2 Å². The first-order valence-electron chi connectivity index (χ1n) is 6.27. The summed E-state index contributed by atoms with van der Waals surface area (Å²) >= 11 is 0. The van der Waals surface area contributed by atoms with Crippen molar-refractivity contribution in [1.29, 1.82) is 0 Å². The molecule has 0 spiro atoms. The Morgan fingerprint density at radius 2 is 2.41 bits per heavy atom. The fourth-order valence-corrected chi connectivity index (χ4v) is 2.56. The van der Waals surface area contributed by atoms with Crippen LogP contribution in [0.3, 0.4) is 0 Å². The van der Waals surface area contributed by atoms with Crippen LogP contribution in [0.4, 0.5) is 0 Å². The molecule has 6 heteroatoms. The number of nitrogens with zero attached hydrogens (tertiary/aromatic N) is 3. The first-order valence-corrected chi connectivity index (χ1v) is 6.27. The zero-order chi connectivity index (χ0) is 11.8. The Morgan fingerprint density at radius 1 is 1.53 bits per heavy atom. The molecular formula is C11H18N4O2. The molecule has 0 aromatic carbocycles. The first-order chi connectivity index (χ1) is 8.24. The Kier molecular flexibility index (Phi) is 2.76. The molecular weight excluding hydrogens is 220 g/mol. The van der Waals surface area contributed by atoms with Crippen LogP contribution in [0.25, 0.3) is 0 Å². The third kappa shape index (κ3) is 2.02. The molecule has 6 nitrogen and oxygen atoms in total. The van der Waals surface area contributed by atoms with Crippen molar-refractivity contribution < 1.29 is 4.74 Å². The van der Waals surface area contributed by atoms with Crippen molar-refractivity contribution in [3.05, 3.63) is 16.3 Å². The third-order valence-corrected chi connectivity index (χ3v) is 3.49. The molecule has 1 saturated heterocycles. The molecule has 3 heterocycles. The number of rotatable bonds is 2. The lowest BCUT2D eigenvalue weighted by Crippen LogP contribution is -2.35. The molecule has 0 saturated carbocycles. The van der Waals surface area contributed by atoms with Gasteiger partial charge in [0, 0.05) is 13.1 Å². The van der Waals surface area contributed by atoms with Gasteiger partial charge in [-0.05, 0) is 19.8 Å². The van der Waals surface area contributed by atoms with Gasteiger partial charge in [0.2, 0.25) is 0 Å². The van der Waals surface area contributed by atoms with Gasteiger partial charge in [0.1, 0.15) is 5.82 Å². The number of hydrogen-bond donors (Lipinski definition) is 1. The summed E-state index contributed by atoms with van der Waals surface area (Å²) < 4.78 is 9.05. The van der Waals surface area contributed by atoms with Crippen LogP contribution in [0.2, 0.25) is 0 Å². The Balaban J connectivity index is 1.79. The largest absolute Gasteiger partial charge is 0.373 e. The van der Waals surface area contributed by atoms with Crippen molar-refractivity contribution in [3.8, 4) is 0 Å². The highest BCUT2D eigenvalue weighted by Crippen LogP contribution is 2.19. The molecule has 2 aliphatic heterocycles. The van der Waals surface area contributed by atoms with Gasteiger partial charge in [0.25, 0.3) is 0 Å². The molecule has 94 valence electrons. The van der Waals surface area contributed by atoms with Crippen LogP contribution in [0.15, 0.2) is 4.79 Å². The van der Waals surface area contributed by atoms with Crippen LogP contribution in [-0.4, -0.2) is 33.1 Å². The summed E-state index contributed by atoms with van der Waals surface area (Å²) in [6.07, 6.45) is 2.56. The van der Waals surface area contributed by atoms with Crippen LogP contribution in [0.5, 0.6) is 0 Å². The van der Waals surface area contributed by atoms with Crippen molar-refractivity contribution in [2.75, 3.05) is 6.54 Å². The zero-order valence-electron chi connectivity index (χ0n) is 10.1. The normalized spacial score (nSPS) is 28.3. The van der Waals surface area contributed by atoms with Gasteiger partial charge in [-0.1, -0.05) is 0 Å². The average Bonchev–Trinajstić information content (AvgIpc) is 2.86. The highest BCUT2D eigenvalue weighted by atomic mass is 16.5. The van der Waals surface area contributed by atoms with Crippen molar-refractivity contribution in [2.24, 2.45) is 0 Å². The SMILES string of the molecule is CC1CCC(Cn2nc3n(c2=O)CCNC3)O1. The Morgan fingerprint density at radius 3 is 3.12 bits per heavy atom. The molecule has 0 radical (unpaired) electrons. The van der Waals surface area contributed by atoms with E-state index in [4.69, 9.17) is 4.74 Å². The van der Waals surface area contributed by atoms with E-state index in [9.17, 15) is 4.79 Å². The molecule has 1 fully saturated rings. The van der Waals surface area contributed by atoms with Gasteiger partial charge in [0.05, 0.1) is 25.3 Å². The van der Waals surface area contributed by atoms with E-state index >= 15 is 0 Å². The quantitative estimate of drug-likeness (QED) is 0.769. The number of aromatic nitrogens is 3. The van der Waals surface area contributed by atoms with E-state index in [1.807, 2.05) is 0 Å². The summed E-state index contributed by atoms with van der Waals surface area (Å²) in [6, 6.07) is 0. The molecule has 17 heavy (non-hydrogen) atoms. The van der Waals surface area contributed by atoms with Crippen molar-refractivity contribution in [3.63, 3.8) is 0 Å². The highest BCUT2D eigenvalue weighted by Gasteiger charge is 2.24. The van der Waals surface area contributed by atoms with Crippen LogP contribution in [-0.2, 0) is 24.4 Å². The van der Waals surface area contributed by atoms with Crippen molar-refractivity contribution in [1.82, 2.24) is 19.7 Å². The van der Waals surface area contributed by atoms with E-state index in [2.05, 4.69) is 17.3 Å². The summed E-state index contributed by atoms with van der Waals surface area (Å²) in [7, 11) is 0. The molecule has 2 atom stereocenters. The van der Waals surface area contributed by atoms with Gasteiger partial charge in [-0.15, -0.1) is 0 Å². The maximum Gasteiger partial charge on any atom is 0.346 e. The van der Waals surface area contributed by atoms with Gasteiger partial charge < -0.3 is 10.1 Å². The molecule has 3 rings (SSSR count). The second-order valence-electron chi connectivity index (χ2n) is 4.86. The summed E-state index contributed by atoms with van der Waals surface area (Å²) in [5, 5.41) is 7.58. The lowest BCUT2D eigenvalue weighted by Gasteiger charge is -2.11. The Labute approximate surface area is 99.6 Å². The molecule has 0 bridgehead atoms. The van der Waals surface area contributed by atoms with Gasteiger partial charge in [-0.25, -0.2) is 9.48 Å². The van der Waals surface area contributed by atoms with E-state index in [1.54, 1.807) is 9.25 Å². The van der Waals surface area contributed by atoms with Crippen LogP contribution < -0.4 is 11.0 Å².